The van der Waals surface area contributed by atoms with E-state index in [0.717, 1.165) is 16.7 Å². The summed E-state index contributed by atoms with van der Waals surface area (Å²) < 4.78 is 0. The topological polar surface area (TPSA) is 0 Å². The molecule has 3 saturated carbocycles. The predicted molar refractivity (Wildman–Crippen MR) is 64.8 cm³/mol. The molecule has 86 valence electrons. The lowest BCUT2D eigenvalue weighted by Crippen LogP contribution is -2.38. The smallest absolute Gasteiger partial charge is 0.0267 e. The Bertz CT molecular complexity index is 228. The van der Waals surface area contributed by atoms with Crippen molar-refractivity contribution in [2.45, 2.75) is 77.6 Å². The molecule has 3 fully saturated rings. The quantitative estimate of drug-likeness (QED) is 0.527. The van der Waals surface area contributed by atoms with E-state index in [9.17, 15) is 0 Å². The molecule has 2 spiro atoms. The summed E-state index contributed by atoms with van der Waals surface area (Å²) in [6, 6.07) is 0. The average Bonchev–Trinajstić information content (AvgIpc) is 2.85. The second kappa shape index (κ2) is 3.50. The van der Waals surface area contributed by atoms with Gasteiger partial charge in [-0.1, -0.05) is 32.6 Å². The van der Waals surface area contributed by atoms with Crippen molar-refractivity contribution in [3.63, 3.8) is 0 Å². The van der Waals surface area contributed by atoms with E-state index in [0.29, 0.717) is 0 Å². The molecule has 3 aliphatic rings. The van der Waals surface area contributed by atoms with Gasteiger partial charge in [0.25, 0.3) is 0 Å². The van der Waals surface area contributed by atoms with Gasteiger partial charge in [0.1, 0.15) is 0 Å². The van der Waals surface area contributed by atoms with Crippen molar-refractivity contribution >= 4 is 0 Å². The molecule has 0 heteroatoms. The van der Waals surface area contributed by atoms with Crippen LogP contribution in [0.3, 0.4) is 0 Å². The number of rotatable bonds is 0. The van der Waals surface area contributed by atoms with Crippen molar-refractivity contribution in [3.8, 4) is 0 Å². The van der Waals surface area contributed by atoms with Crippen LogP contribution in [-0.4, -0.2) is 0 Å². The normalized spacial score (nSPS) is 37.8. The van der Waals surface area contributed by atoms with Gasteiger partial charge in [0, 0.05) is 0 Å². The summed E-state index contributed by atoms with van der Waals surface area (Å²) in [7, 11) is 0. The molecular weight excluding hydrogens is 180 g/mol. The molecule has 0 saturated heterocycles. The van der Waals surface area contributed by atoms with Crippen molar-refractivity contribution < 1.29 is 0 Å². The van der Waals surface area contributed by atoms with Crippen LogP contribution in [-0.2, 0) is 0 Å². The third kappa shape index (κ3) is 1.56. The Balaban J connectivity index is 1.81. The van der Waals surface area contributed by atoms with E-state index in [1.165, 1.54) is 25.7 Å². The molecule has 3 aliphatic carbocycles. The summed E-state index contributed by atoms with van der Waals surface area (Å²) in [6.07, 6.45) is 17.1. The predicted octanol–water partition coefficient (Wildman–Crippen LogP) is 4.93. The van der Waals surface area contributed by atoms with Crippen LogP contribution >= 0.6 is 0 Å². The Kier molecular flexibility index (Phi) is 2.37. The van der Waals surface area contributed by atoms with E-state index < -0.39 is 0 Å². The standard InChI is InChI=1S/C15H26/c1-13-6-11-14(7-2-3-8-14)12-15(13)9-4-5-10-15/h13H,2-12H2,1H3. The second-order valence-corrected chi connectivity index (χ2v) is 6.89. The minimum absolute atomic E-state index is 0.808. The largest absolute Gasteiger partial charge is 0.0620 e. The molecule has 0 nitrogen and oxygen atoms in total. The number of hydrogen-bond donors (Lipinski definition) is 0. The van der Waals surface area contributed by atoms with Crippen LogP contribution in [0.25, 0.3) is 0 Å². The molecule has 0 aromatic rings. The minimum Gasteiger partial charge on any atom is -0.0620 e. The molecule has 1 unspecified atom stereocenters. The maximum absolute atomic E-state index is 2.55. The fourth-order valence-corrected chi connectivity index (χ4v) is 5.14. The zero-order valence-corrected chi connectivity index (χ0v) is 10.4. The van der Waals surface area contributed by atoms with E-state index in [1.807, 2.05) is 0 Å². The van der Waals surface area contributed by atoms with Gasteiger partial charge < -0.3 is 0 Å². The molecule has 0 radical (unpaired) electrons. The Hall–Kier alpha value is 0. The van der Waals surface area contributed by atoms with Crippen molar-refractivity contribution in [1.29, 1.82) is 0 Å². The summed E-state index contributed by atoms with van der Waals surface area (Å²) in [5, 5.41) is 0. The van der Waals surface area contributed by atoms with E-state index in [1.54, 1.807) is 44.9 Å². The van der Waals surface area contributed by atoms with Gasteiger partial charge in [-0.15, -0.1) is 0 Å². The van der Waals surface area contributed by atoms with Crippen molar-refractivity contribution in [2.24, 2.45) is 16.7 Å². The van der Waals surface area contributed by atoms with Crippen LogP contribution in [0.15, 0.2) is 0 Å². The lowest BCUT2D eigenvalue weighted by atomic mass is 9.56. The molecule has 0 aromatic carbocycles. The van der Waals surface area contributed by atoms with Gasteiger partial charge in [-0.3, -0.25) is 0 Å². The minimum atomic E-state index is 0.808. The maximum Gasteiger partial charge on any atom is -0.0267 e. The maximum atomic E-state index is 2.55. The van der Waals surface area contributed by atoms with Gasteiger partial charge in [0.05, 0.1) is 0 Å². The fourth-order valence-electron chi connectivity index (χ4n) is 5.14. The van der Waals surface area contributed by atoms with E-state index >= 15 is 0 Å². The van der Waals surface area contributed by atoms with Crippen molar-refractivity contribution in [2.75, 3.05) is 0 Å². The number of hydrogen-bond acceptors (Lipinski definition) is 0. The second-order valence-electron chi connectivity index (χ2n) is 6.89. The fraction of sp³-hybridized carbons (Fsp3) is 1.00. The lowest BCUT2D eigenvalue weighted by Gasteiger charge is -2.49. The highest BCUT2D eigenvalue weighted by Crippen LogP contribution is 2.61. The summed E-state index contributed by atoms with van der Waals surface area (Å²) in [6.45, 7) is 2.55. The van der Waals surface area contributed by atoms with Crippen molar-refractivity contribution in [3.05, 3.63) is 0 Å². The van der Waals surface area contributed by atoms with Gasteiger partial charge in [0.2, 0.25) is 0 Å². The van der Waals surface area contributed by atoms with Crippen LogP contribution in [0.2, 0.25) is 0 Å². The van der Waals surface area contributed by atoms with Gasteiger partial charge in [0.15, 0.2) is 0 Å². The van der Waals surface area contributed by atoms with Gasteiger partial charge in [-0.2, -0.15) is 0 Å². The first-order valence-electron chi connectivity index (χ1n) is 7.25. The van der Waals surface area contributed by atoms with Gasteiger partial charge >= 0.3 is 0 Å². The summed E-state index contributed by atoms with van der Waals surface area (Å²) >= 11 is 0. The summed E-state index contributed by atoms with van der Waals surface area (Å²) in [4.78, 5) is 0. The van der Waals surface area contributed by atoms with Crippen LogP contribution in [0.4, 0.5) is 0 Å². The molecule has 0 heterocycles. The third-order valence-corrected chi connectivity index (χ3v) is 6.14. The first kappa shape index (κ1) is 10.2. The van der Waals surface area contributed by atoms with Gasteiger partial charge in [-0.05, 0) is 61.7 Å². The first-order chi connectivity index (χ1) is 7.25. The Labute approximate surface area is 94.8 Å². The van der Waals surface area contributed by atoms with Crippen LogP contribution in [0.1, 0.15) is 77.6 Å². The molecule has 0 bridgehead atoms. The van der Waals surface area contributed by atoms with E-state index in [-0.39, 0.29) is 0 Å². The molecular formula is C15H26. The molecule has 15 heavy (non-hydrogen) atoms. The molecule has 3 rings (SSSR count). The highest BCUT2D eigenvalue weighted by Gasteiger charge is 2.49. The Morgan fingerprint density at radius 3 is 2.07 bits per heavy atom. The lowest BCUT2D eigenvalue weighted by molar-refractivity contribution is 0.0157. The van der Waals surface area contributed by atoms with E-state index in [2.05, 4.69) is 6.92 Å². The Morgan fingerprint density at radius 1 is 0.800 bits per heavy atom. The third-order valence-electron chi connectivity index (χ3n) is 6.14. The van der Waals surface area contributed by atoms with E-state index in [4.69, 9.17) is 0 Å². The zero-order valence-electron chi connectivity index (χ0n) is 10.4. The Morgan fingerprint density at radius 2 is 1.40 bits per heavy atom. The SMILES string of the molecule is CC1CCC2(CCCC2)CC12CCCC2. The first-order valence-corrected chi connectivity index (χ1v) is 7.25. The molecule has 0 amide bonds. The van der Waals surface area contributed by atoms with Crippen LogP contribution in [0.5, 0.6) is 0 Å². The monoisotopic (exact) mass is 206 g/mol. The molecule has 0 aromatic heterocycles. The average molecular weight is 206 g/mol. The van der Waals surface area contributed by atoms with Crippen LogP contribution in [0, 0.1) is 16.7 Å². The molecule has 0 aliphatic heterocycles. The van der Waals surface area contributed by atoms with Gasteiger partial charge in [-0.25, -0.2) is 0 Å². The molecule has 0 N–H and O–H groups in total. The van der Waals surface area contributed by atoms with Crippen molar-refractivity contribution in [1.82, 2.24) is 0 Å². The van der Waals surface area contributed by atoms with Crippen LogP contribution < -0.4 is 0 Å². The zero-order chi connectivity index (χ0) is 10.4. The highest BCUT2D eigenvalue weighted by molar-refractivity contribution is 5.01. The molecule has 1 atom stereocenters. The highest BCUT2D eigenvalue weighted by atomic mass is 14.5. The summed E-state index contributed by atoms with van der Waals surface area (Å²) in [5.41, 5.74) is 1.64. The summed E-state index contributed by atoms with van der Waals surface area (Å²) in [5.74, 6) is 1.03.